The molecule has 0 amide bonds. The highest BCUT2D eigenvalue weighted by molar-refractivity contribution is 5.75. The first kappa shape index (κ1) is 9.71. The van der Waals surface area contributed by atoms with Gasteiger partial charge in [-0.2, -0.15) is 0 Å². The number of Topliss-reactive ketones (excluding diaryl/α,β-unsaturated/α-hetero) is 1. The van der Waals surface area contributed by atoms with E-state index >= 15 is 0 Å². The molecule has 0 fully saturated rings. The van der Waals surface area contributed by atoms with E-state index in [1.54, 1.807) is 13.1 Å². The third-order valence-corrected chi connectivity index (χ3v) is 1.84. The number of hydrogen-bond donors (Lipinski definition) is 1. The molecular weight excluding hydrogens is 164 g/mol. The SMILES string of the molecule is CC(=O)CCCc1ccnc(N)c1. The number of ketones is 1. The molecule has 70 valence electrons. The van der Waals surface area contributed by atoms with Crippen LogP contribution < -0.4 is 5.73 Å². The van der Waals surface area contributed by atoms with Crippen LogP contribution in [0.15, 0.2) is 18.3 Å². The highest BCUT2D eigenvalue weighted by atomic mass is 16.1. The fourth-order valence-corrected chi connectivity index (χ4v) is 1.19. The van der Waals surface area contributed by atoms with Crippen LogP contribution in [0.3, 0.4) is 0 Å². The van der Waals surface area contributed by atoms with Crippen LogP contribution >= 0.6 is 0 Å². The Morgan fingerprint density at radius 2 is 2.38 bits per heavy atom. The van der Waals surface area contributed by atoms with E-state index < -0.39 is 0 Å². The lowest BCUT2D eigenvalue weighted by atomic mass is 10.1. The number of nitrogens with zero attached hydrogens (tertiary/aromatic N) is 1. The van der Waals surface area contributed by atoms with E-state index in [2.05, 4.69) is 4.98 Å². The van der Waals surface area contributed by atoms with Crippen molar-refractivity contribution in [3.8, 4) is 0 Å². The number of pyridine rings is 1. The molecule has 3 nitrogen and oxygen atoms in total. The van der Waals surface area contributed by atoms with Crippen LogP contribution in [-0.2, 0) is 11.2 Å². The van der Waals surface area contributed by atoms with Crippen molar-refractivity contribution >= 4 is 11.6 Å². The summed E-state index contributed by atoms with van der Waals surface area (Å²) in [6, 6.07) is 3.77. The number of anilines is 1. The fourth-order valence-electron chi connectivity index (χ4n) is 1.19. The monoisotopic (exact) mass is 178 g/mol. The minimum Gasteiger partial charge on any atom is -0.384 e. The minimum absolute atomic E-state index is 0.238. The smallest absolute Gasteiger partial charge is 0.129 e. The van der Waals surface area contributed by atoms with Crippen molar-refractivity contribution in [1.82, 2.24) is 4.98 Å². The van der Waals surface area contributed by atoms with Crippen LogP contribution in [0.5, 0.6) is 0 Å². The highest BCUT2D eigenvalue weighted by Gasteiger charge is 1.96. The van der Waals surface area contributed by atoms with Gasteiger partial charge in [-0.15, -0.1) is 0 Å². The number of nitrogen functional groups attached to an aromatic ring is 1. The Morgan fingerprint density at radius 3 is 3.00 bits per heavy atom. The fraction of sp³-hybridized carbons (Fsp3) is 0.400. The van der Waals surface area contributed by atoms with Crippen LogP contribution in [0.4, 0.5) is 5.82 Å². The van der Waals surface area contributed by atoms with Crippen LogP contribution in [0.2, 0.25) is 0 Å². The maximum atomic E-state index is 10.7. The molecule has 0 aliphatic rings. The summed E-state index contributed by atoms with van der Waals surface area (Å²) in [6.07, 6.45) is 4.12. The highest BCUT2D eigenvalue weighted by Crippen LogP contribution is 2.07. The van der Waals surface area contributed by atoms with Gasteiger partial charge in [-0.05, 0) is 37.5 Å². The van der Waals surface area contributed by atoms with Crippen LogP contribution in [0, 0.1) is 0 Å². The van der Waals surface area contributed by atoms with E-state index in [-0.39, 0.29) is 5.78 Å². The molecule has 13 heavy (non-hydrogen) atoms. The third-order valence-electron chi connectivity index (χ3n) is 1.84. The molecule has 0 aromatic carbocycles. The van der Waals surface area contributed by atoms with Crippen molar-refractivity contribution < 1.29 is 4.79 Å². The Bertz CT molecular complexity index is 297. The van der Waals surface area contributed by atoms with Gasteiger partial charge in [0.1, 0.15) is 11.6 Å². The maximum Gasteiger partial charge on any atom is 0.129 e. The number of aromatic nitrogens is 1. The van der Waals surface area contributed by atoms with Crippen LogP contribution in [-0.4, -0.2) is 10.8 Å². The number of carbonyl (C=O) groups is 1. The van der Waals surface area contributed by atoms with Crippen molar-refractivity contribution in [3.63, 3.8) is 0 Å². The van der Waals surface area contributed by atoms with E-state index in [1.807, 2.05) is 12.1 Å². The molecule has 1 aromatic heterocycles. The minimum atomic E-state index is 0.238. The standard InChI is InChI=1S/C10H14N2O/c1-8(13)3-2-4-9-5-6-12-10(11)7-9/h5-7H,2-4H2,1H3,(H2,11,12). The van der Waals surface area contributed by atoms with Crippen molar-refractivity contribution in [1.29, 1.82) is 0 Å². The summed E-state index contributed by atoms with van der Waals surface area (Å²) < 4.78 is 0. The summed E-state index contributed by atoms with van der Waals surface area (Å²) in [5, 5.41) is 0. The van der Waals surface area contributed by atoms with Gasteiger partial charge >= 0.3 is 0 Å². The maximum absolute atomic E-state index is 10.7. The number of rotatable bonds is 4. The van der Waals surface area contributed by atoms with E-state index in [4.69, 9.17) is 5.73 Å². The van der Waals surface area contributed by atoms with E-state index in [0.717, 1.165) is 18.4 Å². The van der Waals surface area contributed by atoms with Gasteiger partial charge in [0.05, 0.1) is 0 Å². The van der Waals surface area contributed by atoms with E-state index in [9.17, 15) is 4.79 Å². The Labute approximate surface area is 78.0 Å². The zero-order chi connectivity index (χ0) is 9.68. The number of hydrogen-bond acceptors (Lipinski definition) is 3. The predicted molar refractivity (Wildman–Crippen MR) is 52.3 cm³/mol. The summed E-state index contributed by atoms with van der Waals surface area (Å²) in [4.78, 5) is 14.6. The zero-order valence-corrected chi connectivity index (χ0v) is 7.79. The van der Waals surface area contributed by atoms with Crippen molar-refractivity contribution in [2.45, 2.75) is 26.2 Å². The van der Waals surface area contributed by atoms with Gasteiger partial charge in [0, 0.05) is 12.6 Å². The molecule has 0 saturated carbocycles. The van der Waals surface area contributed by atoms with Crippen LogP contribution in [0.1, 0.15) is 25.3 Å². The van der Waals surface area contributed by atoms with Gasteiger partial charge in [0.15, 0.2) is 0 Å². The van der Waals surface area contributed by atoms with Gasteiger partial charge in [-0.25, -0.2) is 4.98 Å². The molecule has 0 bridgehead atoms. The molecule has 0 aliphatic carbocycles. The quantitative estimate of drug-likeness (QED) is 0.761. The lowest BCUT2D eigenvalue weighted by Crippen LogP contribution is -1.95. The van der Waals surface area contributed by atoms with E-state index in [1.165, 1.54) is 0 Å². The Hall–Kier alpha value is -1.38. The third kappa shape index (κ3) is 3.69. The molecule has 1 heterocycles. The summed E-state index contributed by atoms with van der Waals surface area (Å²) in [5.41, 5.74) is 6.66. The van der Waals surface area contributed by atoms with Gasteiger partial charge in [-0.1, -0.05) is 0 Å². The van der Waals surface area contributed by atoms with Crippen LogP contribution in [0.25, 0.3) is 0 Å². The first-order chi connectivity index (χ1) is 6.18. The average Bonchev–Trinajstić information content (AvgIpc) is 2.03. The van der Waals surface area contributed by atoms with Gasteiger partial charge in [-0.3, -0.25) is 0 Å². The first-order valence-corrected chi connectivity index (χ1v) is 4.38. The predicted octanol–water partition coefficient (Wildman–Crippen LogP) is 1.58. The van der Waals surface area contributed by atoms with Crippen molar-refractivity contribution in [3.05, 3.63) is 23.9 Å². The molecule has 3 heteroatoms. The largest absolute Gasteiger partial charge is 0.384 e. The Morgan fingerprint density at radius 1 is 1.62 bits per heavy atom. The van der Waals surface area contributed by atoms with Gasteiger partial charge in [0.25, 0.3) is 0 Å². The van der Waals surface area contributed by atoms with Crippen molar-refractivity contribution in [2.75, 3.05) is 5.73 Å². The molecule has 0 saturated heterocycles. The molecule has 1 rings (SSSR count). The lowest BCUT2D eigenvalue weighted by molar-refractivity contribution is -0.117. The molecular formula is C10H14N2O. The molecule has 0 aliphatic heterocycles. The van der Waals surface area contributed by atoms with Gasteiger partial charge < -0.3 is 10.5 Å². The van der Waals surface area contributed by atoms with Crippen molar-refractivity contribution in [2.24, 2.45) is 0 Å². The summed E-state index contributed by atoms with van der Waals surface area (Å²) in [5.74, 6) is 0.780. The molecule has 0 spiro atoms. The number of aryl methyl sites for hydroxylation is 1. The number of nitrogens with two attached hydrogens (primary N) is 1. The summed E-state index contributed by atoms with van der Waals surface area (Å²) in [7, 11) is 0. The summed E-state index contributed by atoms with van der Waals surface area (Å²) in [6.45, 7) is 1.61. The molecule has 0 atom stereocenters. The lowest BCUT2D eigenvalue weighted by Gasteiger charge is -2.00. The van der Waals surface area contributed by atoms with Gasteiger partial charge in [0.2, 0.25) is 0 Å². The zero-order valence-electron chi connectivity index (χ0n) is 7.79. The number of carbonyl (C=O) groups excluding carboxylic acids is 1. The molecule has 0 radical (unpaired) electrons. The topological polar surface area (TPSA) is 56.0 Å². The Balaban J connectivity index is 2.41. The Kier molecular flexibility index (Phi) is 3.43. The molecule has 2 N–H and O–H groups in total. The first-order valence-electron chi connectivity index (χ1n) is 4.38. The normalized spacial score (nSPS) is 9.92. The second kappa shape index (κ2) is 4.60. The molecule has 1 aromatic rings. The second-order valence-electron chi connectivity index (χ2n) is 3.14. The average molecular weight is 178 g/mol. The second-order valence-corrected chi connectivity index (χ2v) is 3.14. The molecule has 0 unspecified atom stereocenters. The summed E-state index contributed by atoms with van der Waals surface area (Å²) >= 11 is 0. The van der Waals surface area contributed by atoms with E-state index in [0.29, 0.717) is 12.2 Å².